The van der Waals surface area contributed by atoms with Gasteiger partial charge in [0.15, 0.2) is 11.4 Å². The van der Waals surface area contributed by atoms with E-state index in [-0.39, 0.29) is 24.7 Å². The molecule has 0 aliphatic rings. The van der Waals surface area contributed by atoms with Crippen molar-refractivity contribution in [2.75, 3.05) is 6.61 Å². The van der Waals surface area contributed by atoms with Gasteiger partial charge in [0.2, 0.25) is 0 Å². The van der Waals surface area contributed by atoms with Crippen molar-refractivity contribution in [3.8, 4) is 11.5 Å². The fraction of sp³-hybridized carbons (Fsp3) is 0.125. The van der Waals surface area contributed by atoms with Gasteiger partial charge in [-0.05, 0) is 42.8 Å². The Morgan fingerprint density at radius 2 is 1.81 bits per heavy atom. The van der Waals surface area contributed by atoms with Crippen molar-refractivity contribution in [3.63, 3.8) is 0 Å². The molecule has 4 rings (SSSR count). The van der Waals surface area contributed by atoms with Crippen molar-refractivity contribution in [3.05, 3.63) is 89.9 Å². The van der Waals surface area contributed by atoms with E-state index in [4.69, 9.17) is 18.6 Å². The zero-order valence-electron chi connectivity index (χ0n) is 16.7. The number of pyridine rings is 1. The Labute approximate surface area is 178 Å². The predicted molar refractivity (Wildman–Crippen MR) is 112 cm³/mol. The Bertz CT molecular complexity index is 1220. The van der Waals surface area contributed by atoms with Gasteiger partial charge in [0, 0.05) is 11.6 Å². The van der Waals surface area contributed by atoms with E-state index in [1.807, 2.05) is 30.3 Å². The standard InChI is InChI=1S/C24H19NO6/c1-2-28-23(26)19-15-29-20-11-10-17(13-18(19)20)31-21-9-6-12-25-22(21)24(27)30-14-16-7-4-3-5-8-16/h3-13,15H,2,14H2,1H3. The normalized spacial score (nSPS) is 10.6. The topological polar surface area (TPSA) is 87.9 Å². The molecule has 7 nitrogen and oxygen atoms in total. The molecule has 31 heavy (non-hydrogen) atoms. The molecule has 0 aliphatic heterocycles. The molecule has 0 radical (unpaired) electrons. The van der Waals surface area contributed by atoms with E-state index < -0.39 is 11.9 Å². The average Bonchev–Trinajstić information content (AvgIpc) is 3.22. The molecular formula is C24H19NO6. The van der Waals surface area contributed by atoms with Gasteiger partial charge in [-0.25, -0.2) is 14.6 Å². The summed E-state index contributed by atoms with van der Waals surface area (Å²) in [6, 6.07) is 17.6. The minimum absolute atomic E-state index is 0.0522. The number of furan rings is 1. The van der Waals surface area contributed by atoms with Gasteiger partial charge in [-0.2, -0.15) is 0 Å². The maximum Gasteiger partial charge on any atom is 0.361 e. The number of carbonyl (C=O) groups excluding carboxylic acids is 2. The average molecular weight is 417 g/mol. The molecule has 0 atom stereocenters. The highest BCUT2D eigenvalue weighted by atomic mass is 16.5. The third-order valence-electron chi connectivity index (χ3n) is 4.44. The first kappa shape index (κ1) is 20.2. The molecule has 0 N–H and O–H groups in total. The lowest BCUT2D eigenvalue weighted by atomic mass is 10.1. The maximum absolute atomic E-state index is 12.6. The number of aromatic nitrogens is 1. The molecule has 0 fully saturated rings. The zero-order valence-corrected chi connectivity index (χ0v) is 16.7. The number of rotatable bonds is 7. The monoisotopic (exact) mass is 417 g/mol. The summed E-state index contributed by atoms with van der Waals surface area (Å²) in [7, 11) is 0. The van der Waals surface area contributed by atoms with Gasteiger partial charge < -0.3 is 18.6 Å². The van der Waals surface area contributed by atoms with Crippen LogP contribution in [0.1, 0.15) is 33.3 Å². The van der Waals surface area contributed by atoms with Crippen LogP contribution < -0.4 is 4.74 Å². The van der Waals surface area contributed by atoms with Crippen LogP contribution in [0.5, 0.6) is 11.5 Å². The molecular weight excluding hydrogens is 398 g/mol. The largest absolute Gasteiger partial charge is 0.463 e. The van der Waals surface area contributed by atoms with Crippen LogP contribution in [0.25, 0.3) is 11.0 Å². The van der Waals surface area contributed by atoms with Gasteiger partial charge in [0.25, 0.3) is 0 Å². The zero-order chi connectivity index (χ0) is 21.6. The Morgan fingerprint density at radius 3 is 2.61 bits per heavy atom. The van der Waals surface area contributed by atoms with Crippen molar-refractivity contribution in [1.82, 2.24) is 4.98 Å². The van der Waals surface area contributed by atoms with Crippen LogP contribution in [-0.2, 0) is 16.1 Å². The third-order valence-corrected chi connectivity index (χ3v) is 4.44. The van der Waals surface area contributed by atoms with Crippen LogP contribution in [-0.4, -0.2) is 23.5 Å². The van der Waals surface area contributed by atoms with E-state index in [0.717, 1.165) is 5.56 Å². The molecule has 0 spiro atoms. The second-order valence-electron chi connectivity index (χ2n) is 6.54. The molecule has 2 heterocycles. The summed E-state index contributed by atoms with van der Waals surface area (Å²) < 4.78 is 21.7. The Morgan fingerprint density at radius 1 is 0.968 bits per heavy atom. The van der Waals surface area contributed by atoms with Gasteiger partial charge in [0.05, 0.1) is 6.61 Å². The van der Waals surface area contributed by atoms with Crippen LogP contribution in [0.4, 0.5) is 0 Å². The number of nitrogens with zero attached hydrogens (tertiary/aromatic N) is 1. The fourth-order valence-corrected chi connectivity index (χ4v) is 2.98. The second-order valence-corrected chi connectivity index (χ2v) is 6.54. The number of hydrogen-bond donors (Lipinski definition) is 0. The summed E-state index contributed by atoms with van der Waals surface area (Å²) in [6.45, 7) is 2.11. The van der Waals surface area contributed by atoms with Crippen molar-refractivity contribution in [2.45, 2.75) is 13.5 Å². The lowest BCUT2D eigenvalue weighted by Gasteiger charge is -2.10. The van der Waals surface area contributed by atoms with Crippen LogP contribution in [0.3, 0.4) is 0 Å². The molecule has 2 aromatic carbocycles. The van der Waals surface area contributed by atoms with Crippen molar-refractivity contribution in [1.29, 1.82) is 0 Å². The molecule has 0 aliphatic carbocycles. The molecule has 0 saturated carbocycles. The summed E-state index contributed by atoms with van der Waals surface area (Å²) >= 11 is 0. The van der Waals surface area contributed by atoms with Gasteiger partial charge in [-0.3, -0.25) is 0 Å². The SMILES string of the molecule is CCOC(=O)c1coc2ccc(Oc3cccnc3C(=O)OCc3ccccc3)cc12. The summed E-state index contributed by atoms with van der Waals surface area (Å²) in [5.74, 6) is -0.438. The smallest absolute Gasteiger partial charge is 0.361 e. The van der Waals surface area contributed by atoms with Crippen molar-refractivity contribution in [2.24, 2.45) is 0 Å². The number of fused-ring (bicyclic) bond motifs is 1. The molecule has 2 aromatic heterocycles. The summed E-state index contributed by atoms with van der Waals surface area (Å²) in [6.07, 6.45) is 2.84. The van der Waals surface area contributed by atoms with Crippen LogP contribution >= 0.6 is 0 Å². The lowest BCUT2D eigenvalue weighted by molar-refractivity contribution is 0.0461. The van der Waals surface area contributed by atoms with Crippen molar-refractivity contribution >= 4 is 22.9 Å². The van der Waals surface area contributed by atoms with E-state index in [1.54, 1.807) is 37.3 Å². The van der Waals surface area contributed by atoms with E-state index in [1.165, 1.54) is 12.5 Å². The Balaban J connectivity index is 1.55. The van der Waals surface area contributed by atoms with E-state index in [9.17, 15) is 9.59 Å². The van der Waals surface area contributed by atoms with Gasteiger partial charge in [0.1, 0.15) is 29.8 Å². The lowest BCUT2D eigenvalue weighted by Crippen LogP contribution is -2.09. The molecule has 7 heteroatoms. The number of benzene rings is 2. The number of ether oxygens (including phenoxy) is 3. The highest BCUT2D eigenvalue weighted by Gasteiger charge is 2.19. The van der Waals surface area contributed by atoms with E-state index in [2.05, 4.69) is 4.98 Å². The minimum Gasteiger partial charge on any atom is -0.463 e. The van der Waals surface area contributed by atoms with Crippen LogP contribution in [0, 0.1) is 0 Å². The first-order chi connectivity index (χ1) is 15.2. The van der Waals surface area contributed by atoms with Gasteiger partial charge in [-0.15, -0.1) is 0 Å². The first-order valence-electron chi connectivity index (χ1n) is 9.68. The highest BCUT2D eigenvalue weighted by Crippen LogP contribution is 2.30. The van der Waals surface area contributed by atoms with Crippen LogP contribution in [0.2, 0.25) is 0 Å². The fourth-order valence-electron chi connectivity index (χ4n) is 2.98. The first-order valence-corrected chi connectivity index (χ1v) is 9.68. The van der Waals surface area contributed by atoms with Gasteiger partial charge in [-0.1, -0.05) is 30.3 Å². The Hall–Kier alpha value is -4.13. The third kappa shape index (κ3) is 4.56. The van der Waals surface area contributed by atoms with E-state index in [0.29, 0.717) is 22.3 Å². The quantitative estimate of drug-likeness (QED) is 0.384. The summed E-state index contributed by atoms with van der Waals surface area (Å²) in [5, 5.41) is 0.549. The minimum atomic E-state index is -0.601. The van der Waals surface area contributed by atoms with Crippen LogP contribution in [0.15, 0.2) is 77.5 Å². The molecule has 0 amide bonds. The molecule has 4 aromatic rings. The number of esters is 2. The highest BCUT2D eigenvalue weighted by molar-refractivity contribution is 6.03. The molecule has 0 saturated heterocycles. The summed E-state index contributed by atoms with van der Waals surface area (Å²) in [4.78, 5) is 28.8. The molecule has 156 valence electrons. The second kappa shape index (κ2) is 9.13. The molecule has 0 bridgehead atoms. The van der Waals surface area contributed by atoms with Crippen molar-refractivity contribution < 1.29 is 28.2 Å². The molecule has 0 unspecified atom stereocenters. The number of carbonyl (C=O) groups is 2. The van der Waals surface area contributed by atoms with E-state index >= 15 is 0 Å². The Kier molecular flexibility index (Phi) is 5.93. The maximum atomic E-state index is 12.6. The van der Waals surface area contributed by atoms with Gasteiger partial charge >= 0.3 is 11.9 Å². The number of hydrogen-bond acceptors (Lipinski definition) is 7. The predicted octanol–water partition coefficient (Wildman–Crippen LogP) is 5.15. The summed E-state index contributed by atoms with van der Waals surface area (Å²) in [5.41, 5.74) is 1.74.